The predicted octanol–water partition coefficient (Wildman–Crippen LogP) is 1.98. The normalized spacial score (nSPS) is 24.1. The monoisotopic (exact) mass is 498 g/mol. The van der Waals surface area contributed by atoms with Gasteiger partial charge < -0.3 is 34.9 Å². The number of aliphatic hydroxyl groups excluding tert-OH is 1. The Hall–Kier alpha value is -3.21. The number of urea groups is 1. The average molecular weight is 499 g/mol. The lowest BCUT2D eigenvalue weighted by molar-refractivity contribution is -0.149. The Morgan fingerprint density at radius 3 is 2.78 bits per heavy atom. The van der Waals surface area contributed by atoms with E-state index in [0.29, 0.717) is 30.8 Å². The first kappa shape index (κ1) is 25.9. The van der Waals surface area contributed by atoms with Crippen LogP contribution < -0.4 is 15.4 Å². The van der Waals surface area contributed by atoms with Gasteiger partial charge >= 0.3 is 6.03 Å². The number of pyridine rings is 1. The molecular weight excluding hydrogens is 464 g/mol. The van der Waals surface area contributed by atoms with Crippen LogP contribution in [-0.2, 0) is 20.7 Å². The van der Waals surface area contributed by atoms with Crippen molar-refractivity contribution < 1.29 is 28.9 Å². The minimum Gasteiger partial charge on any atom is -0.495 e. The number of carbonyl (C=O) groups is 2. The van der Waals surface area contributed by atoms with Gasteiger partial charge in [-0.3, -0.25) is 9.78 Å². The lowest BCUT2D eigenvalue weighted by atomic mass is 9.95. The molecule has 0 spiro atoms. The largest absolute Gasteiger partial charge is 0.495 e. The number of nitrogens with zero attached hydrogens (tertiary/aromatic N) is 2. The number of amides is 3. The Kier molecular flexibility index (Phi) is 9.10. The number of aliphatic hydroxyl groups is 1. The minimum absolute atomic E-state index is 0.0690. The van der Waals surface area contributed by atoms with Crippen molar-refractivity contribution in [3.63, 3.8) is 0 Å². The molecule has 3 heterocycles. The van der Waals surface area contributed by atoms with Gasteiger partial charge in [-0.1, -0.05) is 12.1 Å². The van der Waals surface area contributed by atoms with Gasteiger partial charge in [0.1, 0.15) is 11.9 Å². The van der Waals surface area contributed by atoms with Gasteiger partial charge in [0.05, 0.1) is 57.2 Å². The number of aromatic nitrogens is 1. The standard InChI is InChI=1S/C26H34N4O6/c1-34-23-5-3-2-4-21(23)29-26(33)30-15-19(31)16-35-17-24-22(30)7-6-20(36-24)14-25(32)28-13-10-18-8-11-27-12-9-18/h2-5,8-9,11-12,19-20,22,24,31H,6-7,10,13-17H2,1H3,(H,28,32)(H,29,33)/t19-,20+,22-,24+/m0/s1. The Morgan fingerprint density at radius 1 is 1.17 bits per heavy atom. The highest BCUT2D eigenvalue weighted by atomic mass is 16.5. The van der Waals surface area contributed by atoms with Crippen molar-refractivity contribution in [3.05, 3.63) is 54.4 Å². The summed E-state index contributed by atoms with van der Waals surface area (Å²) in [7, 11) is 1.54. The van der Waals surface area contributed by atoms with E-state index in [0.717, 1.165) is 12.0 Å². The van der Waals surface area contributed by atoms with Gasteiger partial charge in [-0.2, -0.15) is 0 Å². The zero-order valence-electron chi connectivity index (χ0n) is 20.5. The molecule has 0 unspecified atom stereocenters. The van der Waals surface area contributed by atoms with Gasteiger partial charge in [0.25, 0.3) is 0 Å². The Bertz CT molecular complexity index is 1010. The van der Waals surface area contributed by atoms with Crippen molar-refractivity contribution in [3.8, 4) is 5.75 Å². The van der Waals surface area contributed by atoms with E-state index in [2.05, 4.69) is 15.6 Å². The Labute approximate surface area is 210 Å². The third-order valence-corrected chi connectivity index (χ3v) is 6.49. The second kappa shape index (κ2) is 12.7. The van der Waals surface area contributed by atoms with Gasteiger partial charge in [-0.05, 0) is 49.1 Å². The summed E-state index contributed by atoms with van der Waals surface area (Å²) in [4.78, 5) is 31.4. The molecule has 1 aromatic heterocycles. The lowest BCUT2D eigenvalue weighted by Gasteiger charge is -2.44. The smallest absolute Gasteiger partial charge is 0.322 e. The molecule has 10 nitrogen and oxygen atoms in total. The number of anilines is 1. The van der Waals surface area contributed by atoms with Crippen LogP contribution >= 0.6 is 0 Å². The summed E-state index contributed by atoms with van der Waals surface area (Å²) in [6, 6.07) is 10.4. The number of hydrogen-bond acceptors (Lipinski definition) is 7. The molecule has 0 saturated carbocycles. The Morgan fingerprint density at radius 2 is 1.97 bits per heavy atom. The number of methoxy groups -OCH3 is 1. The first-order valence-electron chi connectivity index (χ1n) is 12.3. The number of rotatable bonds is 7. The van der Waals surface area contributed by atoms with Gasteiger partial charge in [-0.15, -0.1) is 0 Å². The fourth-order valence-corrected chi connectivity index (χ4v) is 4.68. The molecule has 4 rings (SSSR count). The van der Waals surface area contributed by atoms with Crippen molar-refractivity contribution >= 4 is 17.6 Å². The topological polar surface area (TPSA) is 122 Å². The summed E-state index contributed by atoms with van der Waals surface area (Å²) in [5.41, 5.74) is 1.66. The molecular formula is C26H34N4O6. The molecule has 4 atom stereocenters. The molecule has 10 heteroatoms. The van der Waals surface area contributed by atoms with Gasteiger partial charge in [0.2, 0.25) is 5.91 Å². The highest BCUT2D eigenvalue weighted by Crippen LogP contribution is 2.29. The van der Waals surface area contributed by atoms with Crippen molar-refractivity contribution in [2.24, 2.45) is 0 Å². The van der Waals surface area contributed by atoms with E-state index < -0.39 is 12.2 Å². The lowest BCUT2D eigenvalue weighted by Crippen LogP contribution is -2.58. The second-order valence-electron chi connectivity index (χ2n) is 9.07. The number of nitrogens with one attached hydrogen (secondary N) is 2. The number of benzene rings is 1. The van der Waals surface area contributed by atoms with Gasteiger partial charge in [0, 0.05) is 18.9 Å². The number of carbonyl (C=O) groups excluding carboxylic acids is 2. The highest BCUT2D eigenvalue weighted by molar-refractivity contribution is 5.91. The molecule has 1 aromatic carbocycles. The molecule has 194 valence electrons. The zero-order chi connectivity index (χ0) is 25.3. The van der Waals surface area contributed by atoms with Crippen LogP contribution in [0.4, 0.5) is 10.5 Å². The molecule has 36 heavy (non-hydrogen) atoms. The Balaban J connectivity index is 1.34. The summed E-state index contributed by atoms with van der Waals surface area (Å²) < 4.78 is 17.2. The van der Waals surface area contributed by atoms with Crippen LogP contribution in [0, 0.1) is 0 Å². The van der Waals surface area contributed by atoms with Crippen LogP contribution in [0.1, 0.15) is 24.8 Å². The SMILES string of the molecule is COc1ccccc1NC(=O)N1C[C@H](O)COC[C@H]2O[C@@H](CC(=O)NCCc3ccncc3)CC[C@@H]21. The van der Waals surface area contributed by atoms with Crippen LogP contribution in [0.15, 0.2) is 48.8 Å². The highest BCUT2D eigenvalue weighted by Gasteiger charge is 2.40. The molecule has 2 aliphatic rings. The first-order chi connectivity index (χ1) is 17.5. The predicted molar refractivity (Wildman–Crippen MR) is 133 cm³/mol. The molecule has 0 bridgehead atoms. The first-order valence-corrected chi connectivity index (χ1v) is 12.3. The van der Waals surface area contributed by atoms with E-state index in [1.807, 2.05) is 24.3 Å². The van der Waals surface area contributed by atoms with Crippen LogP contribution in [0.3, 0.4) is 0 Å². The van der Waals surface area contributed by atoms with E-state index in [9.17, 15) is 14.7 Å². The fraction of sp³-hybridized carbons (Fsp3) is 0.500. The molecule has 2 fully saturated rings. The number of β-amino-alcohol motifs (C(OH)–C–C–N with tert-alkyl or cyclic N) is 1. The zero-order valence-corrected chi connectivity index (χ0v) is 20.5. The average Bonchev–Trinajstić information content (AvgIpc) is 2.87. The number of fused-ring (bicyclic) bond motifs is 1. The van der Waals surface area contributed by atoms with Gasteiger partial charge in [0.15, 0.2) is 0 Å². The van der Waals surface area contributed by atoms with Crippen LogP contribution in [0.25, 0.3) is 0 Å². The third kappa shape index (κ3) is 6.93. The van der Waals surface area contributed by atoms with E-state index in [-0.39, 0.29) is 50.3 Å². The quantitative estimate of drug-likeness (QED) is 0.534. The van der Waals surface area contributed by atoms with Gasteiger partial charge in [-0.25, -0.2) is 4.79 Å². The van der Waals surface area contributed by atoms with Crippen molar-refractivity contribution in [2.45, 2.75) is 50.0 Å². The molecule has 3 N–H and O–H groups in total. The number of para-hydroxylation sites is 2. The second-order valence-corrected chi connectivity index (χ2v) is 9.07. The van der Waals surface area contributed by atoms with Crippen molar-refractivity contribution in [1.29, 1.82) is 0 Å². The van der Waals surface area contributed by atoms with E-state index in [1.165, 1.54) is 0 Å². The van der Waals surface area contributed by atoms with Crippen molar-refractivity contribution in [1.82, 2.24) is 15.2 Å². The van der Waals surface area contributed by atoms with Crippen molar-refractivity contribution in [2.75, 3.05) is 38.7 Å². The summed E-state index contributed by atoms with van der Waals surface area (Å²) in [6.07, 6.45) is 4.23. The maximum atomic E-state index is 13.3. The fourth-order valence-electron chi connectivity index (χ4n) is 4.68. The third-order valence-electron chi connectivity index (χ3n) is 6.49. The van der Waals surface area contributed by atoms with E-state index in [1.54, 1.807) is 36.5 Å². The van der Waals surface area contributed by atoms with Crippen LogP contribution in [-0.4, -0.2) is 84.7 Å². The minimum atomic E-state index is -0.807. The molecule has 0 aliphatic carbocycles. The summed E-state index contributed by atoms with van der Waals surface area (Å²) in [6.45, 7) is 0.997. The van der Waals surface area contributed by atoms with Crippen LogP contribution in [0.5, 0.6) is 5.75 Å². The molecule has 2 saturated heterocycles. The van der Waals surface area contributed by atoms with E-state index in [4.69, 9.17) is 14.2 Å². The number of ether oxygens (including phenoxy) is 3. The maximum absolute atomic E-state index is 13.3. The summed E-state index contributed by atoms with van der Waals surface area (Å²) in [5.74, 6) is 0.480. The number of hydrogen-bond donors (Lipinski definition) is 3. The molecule has 0 radical (unpaired) electrons. The van der Waals surface area contributed by atoms with E-state index >= 15 is 0 Å². The molecule has 3 amide bonds. The molecule has 2 aromatic rings. The summed E-state index contributed by atoms with van der Waals surface area (Å²) in [5, 5.41) is 16.2. The summed E-state index contributed by atoms with van der Waals surface area (Å²) >= 11 is 0. The van der Waals surface area contributed by atoms with Crippen LogP contribution in [0.2, 0.25) is 0 Å². The maximum Gasteiger partial charge on any atom is 0.322 e. The molecule has 2 aliphatic heterocycles.